The predicted octanol–water partition coefficient (Wildman–Crippen LogP) is 15.0. The molecular formula is C54H36N2. The summed E-state index contributed by atoms with van der Waals surface area (Å²) in [7, 11) is 0. The number of hydrogen-bond donors (Lipinski definition) is 0. The van der Waals surface area contributed by atoms with Gasteiger partial charge in [-0.05, 0) is 92.3 Å². The highest BCUT2D eigenvalue weighted by Gasteiger charge is 2.21. The number of para-hydroxylation sites is 2. The van der Waals surface area contributed by atoms with Crippen molar-refractivity contribution < 1.29 is 0 Å². The highest BCUT2D eigenvalue weighted by molar-refractivity contribution is 6.16. The van der Waals surface area contributed by atoms with Gasteiger partial charge < -0.3 is 9.47 Å². The second kappa shape index (κ2) is 13.2. The van der Waals surface area contributed by atoms with Crippen LogP contribution in [0.15, 0.2) is 218 Å². The molecule has 0 unspecified atom stereocenters. The molecular weight excluding hydrogens is 677 g/mol. The van der Waals surface area contributed by atoms with E-state index in [0.717, 1.165) is 22.7 Å². The number of rotatable bonds is 6. The monoisotopic (exact) mass is 712 g/mol. The molecule has 56 heavy (non-hydrogen) atoms. The van der Waals surface area contributed by atoms with Crippen LogP contribution in [-0.4, -0.2) is 4.57 Å². The first-order valence-electron chi connectivity index (χ1n) is 19.3. The molecule has 11 aromatic rings. The molecule has 2 nitrogen and oxygen atoms in total. The summed E-state index contributed by atoms with van der Waals surface area (Å²) in [4.78, 5) is 2.47. The third-order valence-corrected chi connectivity index (χ3v) is 11.3. The zero-order valence-electron chi connectivity index (χ0n) is 30.7. The molecule has 0 aliphatic heterocycles. The summed E-state index contributed by atoms with van der Waals surface area (Å²) in [6.45, 7) is 0. The Morgan fingerprint density at radius 1 is 0.304 bits per heavy atom. The molecule has 0 atom stereocenters. The molecule has 0 radical (unpaired) electrons. The van der Waals surface area contributed by atoms with E-state index in [-0.39, 0.29) is 0 Å². The molecule has 10 aromatic carbocycles. The van der Waals surface area contributed by atoms with Crippen molar-refractivity contribution in [2.24, 2.45) is 0 Å². The zero-order chi connectivity index (χ0) is 37.0. The van der Waals surface area contributed by atoms with Gasteiger partial charge in [-0.2, -0.15) is 0 Å². The lowest BCUT2D eigenvalue weighted by atomic mass is 9.92. The third kappa shape index (κ3) is 5.19. The van der Waals surface area contributed by atoms with E-state index >= 15 is 0 Å². The highest BCUT2D eigenvalue weighted by Crippen LogP contribution is 2.46. The van der Waals surface area contributed by atoms with E-state index in [0.29, 0.717) is 0 Å². The van der Waals surface area contributed by atoms with Crippen LogP contribution in [0.2, 0.25) is 0 Å². The van der Waals surface area contributed by atoms with Crippen molar-refractivity contribution in [1.29, 1.82) is 0 Å². The van der Waals surface area contributed by atoms with Crippen LogP contribution in [-0.2, 0) is 0 Å². The topological polar surface area (TPSA) is 8.17 Å². The summed E-state index contributed by atoms with van der Waals surface area (Å²) < 4.78 is 2.40. The summed E-state index contributed by atoms with van der Waals surface area (Å²) in [5.74, 6) is 0. The summed E-state index contributed by atoms with van der Waals surface area (Å²) in [6, 6.07) is 79.6. The predicted molar refractivity (Wildman–Crippen MR) is 239 cm³/mol. The Morgan fingerprint density at radius 2 is 0.875 bits per heavy atom. The lowest BCUT2D eigenvalue weighted by Crippen LogP contribution is -2.11. The van der Waals surface area contributed by atoms with Gasteiger partial charge in [-0.1, -0.05) is 170 Å². The van der Waals surface area contributed by atoms with E-state index in [1.807, 2.05) is 0 Å². The molecule has 0 bridgehead atoms. The van der Waals surface area contributed by atoms with Crippen molar-refractivity contribution in [2.75, 3.05) is 4.90 Å². The molecule has 0 N–H and O–H groups in total. The number of hydrogen-bond acceptors (Lipinski definition) is 1. The first kappa shape index (κ1) is 32.0. The van der Waals surface area contributed by atoms with Crippen LogP contribution in [0, 0.1) is 0 Å². The van der Waals surface area contributed by atoms with E-state index in [4.69, 9.17) is 0 Å². The van der Waals surface area contributed by atoms with Crippen LogP contribution in [0.4, 0.5) is 17.1 Å². The minimum atomic E-state index is 1.10. The molecule has 1 aromatic heterocycles. The number of anilines is 3. The fourth-order valence-corrected chi connectivity index (χ4v) is 8.82. The van der Waals surface area contributed by atoms with Crippen LogP contribution >= 0.6 is 0 Å². The van der Waals surface area contributed by atoms with Crippen LogP contribution in [0.1, 0.15) is 0 Å². The van der Waals surface area contributed by atoms with Crippen LogP contribution in [0.5, 0.6) is 0 Å². The van der Waals surface area contributed by atoms with Gasteiger partial charge in [-0.3, -0.25) is 0 Å². The van der Waals surface area contributed by atoms with Crippen LogP contribution < -0.4 is 4.90 Å². The van der Waals surface area contributed by atoms with Gasteiger partial charge in [0.25, 0.3) is 0 Å². The second-order valence-corrected chi connectivity index (χ2v) is 14.5. The smallest absolute Gasteiger partial charge is 0.0546 e. The Balaban J connectivity index is 1.16. The Labute approximate surface area is 325 Å². The van der Waals surface area contributed by atoms with Gasteiger partial charge in [-0.25, -0.2) is 0 Å². The molecule has 0 aliphatic carbocycles. The van der Waals surface area contributed by atoms with Crippen LogP contribution in [0.25, 0.3) is 82.1 Å². The fourth-order valence-electron chi connectivity index (χ4n) is 8.82. The molecule has 0 saturated heterocycles. The number of benzene rings is 10. The first-order chi connectivity index (χ1) is 27.8. The van der Waals surface area contributed by atoms with Crippen molar-refractivity contribution in [1.82, 2.24) is 4.57 Å². The lowest BCUT2D eigenvalue weighted by molar-refractivity contribution is 1.18. The Hall–Kier alpha value is -7.42. The van der Waals surface area contributed by atoms with Crippen molar-refractivity contribution in [3.05, 3.63) is 218 Å². The van der Waals surface area contributed by atoms with E-state index in [2.05, 4.69) is 228 Å². The van der Waals surface area contributed by atoms with Crippen LogP contribution in [0.3, 0.4) is 0 Å². The summed E-state index contributed by atoms with van der Waals surface area (Å²) in [5.41, 5.74) is 11.7. The molecule has 2 heteroatoms. The van der Waals surface area contributed by atoms with Crippen molar-refractivity contribution >= 4 is 71.2 Å². The molecule has 0 amide bonds. The average Bonchev–Trinajstić information content (AvgIpc) is 3.61. The average molecular weight is 713 g/mol. The zero-order valence-corrected chi connectivity index (χ0v) is 30.7. The number of nitrogens with zero attached hydrogens (tertiary/aromatic N) is 2. The summed E-state index contributed by atoms with van der Waals surface area (Å²) in [5, 5.41) is 9.87. The van der Waals surface area contributed by atoms with Crippen molar-refractivity contribution in [3.8, 4) is 27.9 Å². The first-order valence-corrected chi connectivity index (χ1v) is 19.3. The normalized spacial score (nSPS) is 11.6. The maximum Gasteiger partial charge on any atom is 0.0546 e. The van der Waals surface area contributed by atoms with E-state index in [1.165, 1.54) is 76.4 Å². The van der Waals surface area contributed by atoms with E-state index in [1.54, 1.807) is 0 Å². The summed E-state index contributed by atoms with van der Waals surface area (Å²) >= 11 is 0. The standard InChI is InChI=1S/C54H36N2/c1-2-16-38(17-3-1)50-36-42(32-33-44(50)39-21-14-22-41(34-39)55-52-29-12-10-27-48(52)49-28-11-13-30-53(49)55)56(51-31-15-20-37-18-4-7-24-45(37)51)54-35-40-19-5-6-23-43(40)46-25-8-9-26-47(46)54/h1-36H. The van der Waals surface area contributed by atoms with Gasteiger partial charge in [0.15, 0.2) is 0 Å². The second-order valence-electron chi connectivity index (χ2n) is 14.5. The lowest BCUT2D eigenvalue weighted by Gasteiger charge is -2.29. The minimum absolute atomic E-state index is 1.10. The molecule has 1 heterocycles. The largest absolute Gasteiger partial charge is 0.309 e. The number of aromatic nitrogens is 1. The highest BCUT2D eigenvalue weighted by atomic mass is 15.1. The van der Waals surface area contributed by atoms with E-state index < -0.39 is 0 Å². The quantitative estimate of drug-likeness (QED) is 0.156. The molecule has 0 spiro atoms. The molecule has 0 saturated carbocycles. The molecule has 262 valence electrons. The van der Waals surface area contributed by atoms with Gasteiger partial charge in [-0.15, -0.1) is 0 Å². The minimum Gasteiger partial charge on any atom is -0.309 e. The van der Waals surface area contributed by atoms with Gasteiger partial charge >= 0.3 is 0 Å². The SMILES string of the molecule is c1ccc(-c2cc(N(c3cccc4ccccc34)c3cc4ccccc4c4ccccc34)ccc2-c2cccc(-n3c4ccccc4c4ccccc43)c2)cc1. The van der Waals surface area contributed by atoms with E-state index in [9.17, 15) is 0 Å². The van der Waals surface area contributed by atoms with Gasteiger partial charge in [0, 0.05) is 32.9 Å². The molecule has 11 rings (SSSR count). The number of fused-ring (bicyclic) bond motifs is 7. The van der Waals surface area contributed by atoms with Gasteiger partial charge in [0.05, 0.1) is 22.4 Å². The molecule has 0 fully saturated rings. The molecule has 0 aliphatic rings. The summed E-state index contributed by atoms with van der Waals surface area (Å²) in [6.07, 6.45) is 0. The Kier molecular flexibility index (Phi) is 7.53. The maximum atomic E-state index is 2.47. The van der Waals surface area contributed by atoms with Gasteiger partial charge in [0.1, 0.15) is 0 Å². The van der Waals surface area contributed by atoms with Crippen molar-refractivity contribution in [2.45, 2.75) is 0 Å². The maximum absolute atomic E-state index is 2.47. The Morgan fingerprint density at radius 3 is 1.64 bits per heavy atom. The fraction of sp³-hybridized carbons (Fsp3) is 0. The van der Waals surface area contributed by atoms with Crippen molar-refractivity contribution in [3.63, 3.8) is 0 Å². The third-order valence-electron chi connectivity index (χ3n) is 11.3. The Bertz CT molecular complexity index is 3210. The van der Waals surface area contributed by atoms with Gasteiger partial charge in [0.2, 0.25) is 0 Å².